The second-order valence-corrected chi connectivity index (χ2v) is 6.10. The van der Waals surface area contributed by atoms with Crippen molar-refractivity contribution >= 4 is 29.1 Å². The first-order valence-electron chi connectivity index (χ1n) is 6.82. The maximum absolute atomic E-state index is 11.9. The Morgan fingerprint density at radius 2 is 1.82 bits per heavy atom. The molecule has 1 aromatic carbocycles. The summed E-state index contributed by atoms with van der Waals surface area (Å²) in [4.78, 5) is 22.9. The minimum Gasteiger partial charge on any atom is -0.290 e. The fourth-order valence-corrected chi connectivity index (χ4v) is 2.62. The highest BCUT2D eigenvalue weighted by Crippen LogP contribution is 2.25. The molecule has 0 heterocycles. The average molecular weight is 316 g/mol. The largest absolute Gasteiger partial charge is 0.290 e. The van der Waals surface area contributed by atoms with Crippen molar-refractivity contribution in [3.63, 3.8) is 0 Å². The van der Waals surface area contributed by atoms with E-state index in [1.165, 1.54) is 24.1 Å². The quantitative estimate of drug-likeness (QED) is 0.362. The van der Waals surface area contributed by atoms with Crippen LogP contribution in [0.1, 0.15) is 20.8 Å². The summed E-state index contributed by atoms with van der Waals surface area (Å²) in [6.45, 7) is 5.79. The predicted molar refractivity (Wildman–Crippen MR) is 88.1 cm³/mol. The molecule has 0 radical (unpaired) electrons. The Labute approximate surface area is 133 Å². The second-order valence-electron chi connectivity index (χ2n) is 5.26. The van der Waals surface area contributed by atoms with Crippen LogP contribution in [0.2, 0.25) is 0 Å². The molecule has 1 aliphatic rings. The van der Waals surface area contributed by atoms with Gasteiger partial charge in [0.25, 0.3) is 5.69 Å². The van der Waals surface area contributed by atoms with Crippen LogP contribution in [0.3, 0.4) is 0 Å². The predicted octanol–water partition coefficient (Wildman–Crippen LogP) is 4.15. The van der Waals surface area contributed by atoms with Gasteiger partial charge >= 0.3 is 0 Å². The highest BCUT2D eigenvalue weighted by molar-refractivity contribution is 7.98. The van der Waals surface area contributed by atoms with Crippen LogP contribution in [0.15, 0.2) is 56.9 Å². The topological polar surface area (TPSA) is 72.6 Å². The van der Waals surface area contributed by atoms with Crippen molar-refractivity contribution in [1.29, 1.82) is 0 Å². The molecule has 1 aliphatic carbocycles. The van der Waals surface area contributed by atoms with E-state index in [2.05, 4.69) is 4.40 Å². The lowest BCUT2D eigenvalue weighted by atomic mass is 9.90. The molecule has 0 N–H and O–H groups in total. The van der Waals surface area contributed by atoms with Gasteiger partial charge in [0.1, 0.15) is 0 Å². The number of hydrogen-bond acceptors (Lipinski definition) is 5. The standard InChI is InChI=1S/C16H16N2O3S/c1-10(2)14-9-15(11(3)8-16(14)19)17-22-13-6-4-12(5-7-13)18(20)21/h4-10H,1-3H3. The molecule has 0 saturated heterocycles. The summed E-state index contributed by atoms with van der Waals surface area (Å²) in [6, 6.07) is 6.22. The molecule has 5 nitrogen and oxygen atoms in total. The lowest BCUT2D eigenvalue weighted by molar-refractivity contribution is -0.384. The molecule has 0 spiro atoms. The first-order valence-corrected chi connectivity index (χ1v) is 7.60. The minimum atomic E-state index is -0.433. The first kappa shape index (κ1) is 16.2. The van der Waals surface area contributed by atoms with Gasteiger partial charge < -0.3 is 0 Å². The van der Waals surface area contributed by atoms with E-state index in [9.17, 15) is 14.9 Å². The van der Waals surface area contributed by atoms with Gasteiger partial charge in [0.05, 0.1) is 10.6 Å². The number of rotatable bonds is 4. The highest BCUT2D eigenvalue weighted by atomic mass is 32.2. The number of nitro benzene ring substituents is 1. The number of allylic oxidation sites excluding steroid dienone is 4. The Morgan fingerprint density at radius 1 is 1.18 bits per heavy atom. The Kier molecular flexibility index (Phi) is 4.92. The van der Waals surface area contributed by atoms with Gasteiger partial charge in [0, 0.05) is 34.5 Å². The summed E-state index contributed by atoms with van der Waals surface area (Å²) >= 11 is 1.23. The molecule has 6 heteroatoms. The third-order valence-corrected chi connectivity index (χ3v) is 4.02. The van der Waals surface area contributed by atoms with E-state index in [1.54, 1.807) is 18.2 Å². The van der Waals surface area contributed by atoms with E-state index in [4.69, 9.17) is 0 Å². The number of carbonyl (C=O) groups excluding carboxylic acids is 1. The molecule has 114 valence electrons. The van der Waals surface area contributed by atoms with Gasteiger partial charge in [-0.15, -0.1) is 0 Å². The molecule has 0 aromatic heterocycles. The number of hydrogen-bond donors (Lipinski definition) is 0. The van der Waals surface area contributed by atoms with Crippen LogP contribution in [0.5, 0.6) is 0 Å². The zero-order chi connectivity index (χ0) is 16.3. The fourth-order valence-electron chi connectivity index (χ4n) is 1.97. The summed E-state index contributed by atoms with van der Waals surface area (Å²) in [7, 11) is 0. The molecule has 0 atom stereocenters. The molecule has 0 amide bonds. The van der Waals surface area contributed by atoms with Crippen LogP contribution in [0.4, 0.5) is 5.69 Å². The number of non-ortho nitro benzene ring substituents is 1. The Hall–Kier alpha value is -2.21. The van der Waals surface area contributed by atoms with Gasteiger partial charge in [-0.2, -0.15) is 0 Å². The molecule has 0 bridgehead atoms. The smallest absolute Gasteiger partial charge is 0.269 e. The normalized spacial score (nSPS) is 16.7. The molecule has 1 aromatic rings. The van der Waals surface area contributed by atoms with Gasteiger partial charge in [0.15, 0.2) is 5.78 Å². The highest BCUT2D eigenvalue weighted by Gasteiger charge is 2.18. The van der Waals surface area contributed by atoms with Crippen LogP contribution in [-0.2, 0) is 4.79 Å². The minimum absolute atomic E-state index is 0.0341. The molecule has 0 fully saturated rings. The maximum Gasteiger partial charge on any atom is 0.269 e. The van der Waals surface area contributed by atoms with Crippen molar-refractivity contribution in [2.24, 2.45) is 10.3 Å². The Morgan fingerprint density at radius 3 is 2.36 bits per heavy atom. The summed E-state index contributed by atoms with van der Waals surface area (Å²) in [5, 5.41) is 10.6. The first-order chi connectivity index (χ1) is 10.4. The SMILES string of the molecule is CC1=CC(=O)C(C(C)C)=CC1=NSc1ccc([N+](=O)[O-])cc1. The van der Waals surface area contributed by atoms with E-state index < -0.39 is 4.92 Å². The van der Waals surface area contributed by atoms with Crippen LogP contribution in [-0.4, -0.2) is 16.4 Å². The van der Waals surface area contributed by atoms with Gasteiger partial charge in [-0.3, -0.25) is 14.9 Å². The summed E-state index contributed by atoms with van der Waals surface area (Å²) in [5.74, 6) is 0.179. The number of carbonyl (C=O) groups is 1. The summed E-state index contributed by atoms with van der Waals surface area (Å²) in [6.07, 6.45) is 3.42. The lowest BCUT2D eigenvalue weighted by Gasteiger charge is -2.14. The van der Waals surface area contributed by atoms with Gasteiger partial charge in [-0.1, -0.05) is 13.8 Å². The van der Waals surface area contributed by atoms with Crippen LogP contribution in [0, 0.1) is 16.0 Å². The van der Waals surface area contributed by atoms with Gasteiger partial charge in [0.2, 0.25) is 0 Å². The maximum atomic E-state index is 11.9. The van der Waals surface area contributed by atoms with E-state index >= 15 is 0 Å². The van der Waals surface area contributed by atoms with Crippen molar-refractivity contribution in [3.8, 4) is 0 Å². The van der Waals surface area contributed by atoms with Crippen LogP contribution in [0.25, 0.3) is 0 Å². The van der Waals surface area contributed by atoms with Gasteiger partial charge in [-0.25, -0.2) is 4.40 Å². The Bertz CT molecular complexity index is 701. The Balaban J connectivity index is 2.20. The van der Waals surface area contributed by atoms with Crippen molar-refractivity contribution < 1.29 is 9.72 Å². The summed E-state index contributed by atoms with van der Waals surface area (Å²) < 4.78 is 4.44. The molecule has 0 saturated carbocycles. The molecule has 22 heavy (non-hydrogen) atoms. The van der Waals surface area contributed by atoms with E-state index in [0.717, 1.165) is 21.8 Å². The third-order valence-electron chi connectivity index (χ3n) is 3.25. The van der Waals surface area contributed by atoms with Crippen molar-refractivity contribution in [3.05, 3.63) is 57.7 Å². The van der Waals surface area contributed by atoms with Crippen molar-refractivity contribution in [1.82, 2.24) is 0 Å². The lowest BCUT2D eigenvalue weighted by Crippen LogP contribution is -2.15. The molecule has 0 unspecified atom stereocenters. The monoisotopic (exact) mass is 316 g/mol. The molecular formula is C16H16N2O3S. The summed E-state index contributed by atoms with van der Waals surface area (Å²) in [5.41, 5.74) is 2.38. The molecule has 2 rings (SSSR count). The van der Waals surface area contributed by atoms with Crippen molar-refractivity contribution in [2.45, 2.75) is 25.7 Å². The van der Waals surface area contributed by atoms with Crippen LogP contribution >= 0.6 is 11.9 Å². The average Bonchev–Trinajstić information content (AvgIpc) is 2.46. The van der Waals surface area contributed by atoms with E-state index in [1.807, 2.05) is 26.8 Å². The zero-order valence-corrected chi connectivity index (χ0v) is 13.4. The van der Waals surface area contributed by atoms with Crippen molar-refractivity contribution in [2.75, 3.05) is 0 Å². The third kappa shape index (κ3) is 3.71. The fraction of sp³-hybridized carbons (Fsp3) is 0.250. The molecular weight excluding hydrogens is 300 g/mol. The number of nitrogens with zero attached hydrogens (tertiary/aromatic N) is 2. The van der Waals surface area contributed by atoms with E-state index in [-0.39, 0.29) is 17.4 Å². The number of benzene rings is 1. The number of nitro groups is 1. The van der Waals surface area contributed by atoms with E-state index in [0.29, 0.717) is 0 Å². The second kappa shape index (κ2) is 6.70. The van der Waals surface area contributed by atoms with Gasteiger partial charge in [-0.05, 0) is 42.7 Å². The zero-order valence-electron chi connectivity index (χ0n) is 12.6. The van der Waals surface area contributed by atoms with Crippen LogP contribution < -0.4 is 0 Å². The molecule has 0 aliphatic heterocycles. The number of ketones is 1.